The molecule has 0 saturated carbocycles. The Morgan fingerprint density at radius 2 is 1.08 bits per heavy atom. The van der Waals surface area contributed by atoms with Gasteiger partial charge in [0.2, 0.25) is 0 Å². The van der Waals surface area contributed by atoms with Crippen LogP contribution in [0.5, 0.6) is 23.0 Å². The minimum atomic E-state index is -0.213. The standard InChI is InChI=1S/C53H40BN3O2/c1-31-13-19-35(20-14-31)56(36-21-15-32(2)16-22-36)37-23-24-41-48(29-37)58-46-11-8-12-47-51(46)54(41)52-49(59-47)30-45(53-50(52)38-9-6-7-10-42(38)55(53)5)57-43-25-17-33(3)27-39(43)40-28-34(4)18-26-44(40)57/h6-30H,1-5H3/i8D. The molecule has 2 aliphatic heterocycles. The molecule has 2 aliphatic rings. The van der Waals surface area contributed by atoms with E-state index in [2.05, 4.69) is 182 Å². The zero-order valence-corrected chi connectivity index (χ0v) is 33.6. The molecule has 10 aromatic rings. The van der Waals surface area contributed by atoms with Crippen molar-refractivity contribution < 1.29 is 10.8 Å². The van der Waals surface area contributed by atoms with Crippen molar-refractivity contribution in [3.8, 4) is 28.7 Å². The smallest absolute Gasteiger partial charge is 0.261 e. The second-order valence-corrected chi connectivity index (χ2v) is 16.4. The van der Waals surface area contributed by atoms with Crippen molar-refractivity contribution >= 4 is 83.8 Å². The second kappa shape index (κ2) is 12.4. The molecule has 0 bridgehead atoms. The number of aromatic nitrogens is 2. The molecule has 0 N–H and O–H groups in total. The molecule has 59 heavy (non-hydrogen) atoms. The predicted octanol–water partition coefficient (Wildman–Crippen LogP) is 11.9. The number of anilines is 3. The molecule has 0 amide bonds. The Hall–Kier alpha value is -7.18. The van der Waals surface area contributed by atoms with Gasteiger partial charge in [-0.25, -0.2) is 0 Å². The highest BCUT2D eigenvalue weighted by Crippen LogP contribution is 2.44. The Labute approximate surface area is 344 Å². The first-order valence-corrected chi connectivity index (χ1v) is 20.3. The van der Waals surface area contributed by atoms with Crippen molar-refractivity contribution in [3.63, 3.8) is 0 Å². The number of nitrogens with zero attached hydrogens (tertiary/aromatic N) is 3. The number of para-hydroxylation sites is 1. The topological polar surface area (TPSA) is 31.6 Å². The zero-order valence-electron chi connectivity index (χ0n) is 34.6. The lowest BCUT2D eigenvalue weighted by atomic mass is 9.34. The molecule has 4 heterocycles. The van der Waals surface area contributed by atoms with Gasteiger partial charge in [-0.15, -0.1) is 0 Å². The lowest BCUT2D eigenvalue weighted by Gasteiger charge is -2.34. The van der Waals surface area contributed by atoms with Crippen molar-refractivity contribution in [1.29, 1.82) is 0 Å². The fourth-order valence-electron chi connectivity index (χ4n) is 9.85. The van der Waals surface area contributed by atoms with Crippen molar-refractivity contribution in [1.82, 2.24) is 9.13 Å². The van der Waals surface area contributed by atoms with E-state index in [-0.39, 0.29) is 6.71 Å². The summed E-state index contributed by atoms with van der Waals surface area (Å²) in [5, 5.41) is 4.78. The Kier molecular flexibility index (Phi) is 6.91. The summed E-state index contributed by atoms with van der Waals surface area (Å²) in [6.07, 6.45) is 0. The largest absolute Gasteiger partial charge is 0.458 e. The van der Waals surface area contributed by atoms with Crippen molar-refractivity contribution in [2.45, 2.75) is 27.7 Å². The minimum absolute atomic E-state index is 0.213. The summed E-state index contributed by atoms with van der Waals surface area (Å²) < 4.78 is 27.7. The van der Waals surface area contributed by atoms with Crippen LogP contribution in [-0.2, 0) is 7.05 Å². The molecular weight excluding hydrogens is 721 g/mol. The van der Waals surface area contributed by atoms with Crippen LogP contribution in [0.25, 0.3) is 49.3 Å². The van der Waals surface area contributed by atoms with Gasteiger partial charge in [0.05, 0.1) is 23.6 Å². The fourth-order valence-corrected chi connectivity index (χ4v) is 9.85. The maximum atomic E-state index is 8.94. The number of rotatable bonds is 4. The van der Waals surface area contributed by atoms with E-state index in [4.69, 9.17) is 10.8 Å². The molecule has 0 atom stereocenters. The Morgan fingerprint density at radius 3 is 1.73 bits per heavy atom. The van der Waals surface area contributed by atoms with Gasteiger partial charge < -0.3 is 23.5 Å². The van der Waals surface area contributed by atoms with Crippen molar-refractivity contribution in [2.24, 2.45) is 7.05 Å². The summed E-state index contributed by atoms with van der Waals surface area (Å²) in [6, 6.07) is 52.5. The van der Waals surface area contributed by atoms with Gasteiger partial charge in [0.25, 0.3) is 6.71 Å². The summed E-state index contributed by atoms with van der Waals surface area (Å²) in [5.74, 6) is 2.87. The van der Waals surface area contributed by atoms with E-state index in [1.54, 1.807) is 0 Å². The SMILES string of the molecule is [2H]c1cc2c3c(c1)Oc1cc(-n4c5ccc(C)cc5c5cc(C)ccc54)c4c(c1B3c1ccc(N(c3ccc(C)cc3)c3ccc(C)cc3)cc1O2)c1ccccc1n4C. The lowest BCUT2D eigenvalue weighted by Crippen LogP contribution is -2.57. The van der Waals surface area contributed by atoms with Gasteiger partial charge in [-0.2, -0.15) is 0 Å². The monoisotopic (exact) mass is 762 g/mol. The van der Waals surface area contributed by atoms with Gasteiger partial charge in [-0.3, -0.25) is 0 Å². The second-order valence-electron chi connectivity index (χ2n) is 16.4. The number of ether oxygens (including phenoxy) is 2. The molecule has 12 rings (SSSR count). The van der Waals surface area contributed by atoms with E-state index < -0.39 is 0 Å². The van der Waals surface area contributed by atoms with E-state index in [1.165, 1.54) is 38.4 Å². The molecular formula is C53H40BN3O2. The molecule has 6 heteroatoms. The van der Waals surface area contributed by atoms with E-state index in [9.17, 15) is 0 Å². The Balaban J connectivity index is 1.15. The van der Waals surface area contributed by atoms with Gasteiger partial charge in [-0.05, 0) is 111 Å². The highest BCUT2D eigenvalue weighted by atomic mass is 16.5. The average molecular weight is 763 g/mol. The van der Waals surface area contributed by atoms with E-state index in [1.807, 2.05) is 12.1 Å². The number of aryl methyl sites for hydroxylation is 5. The molecule has 5 nitrogen and oxygen atoms in total. The van der Waals surface area contributed by atoms with Crippen LogP contribution in [0, 0.1) is 27.7 Å². The van der Waals surface area contributed by atoms with Crippen molar-refractivity contribution in [3.05, 3.63) is 174 Å². The summed E-state index contributed by atoms with van der Waals surface area (Å²) in [5.41, 5.74) is 16.7. The maximum Gasteiger partial charge on any atom is 0.261 e. The molecule has 282 valence electrons. The van der Waals surface area contributed by atoms with E-state index >= 15 is 0 Å². The Morgan fingerprint density at radius 1 is 0.508 bits per heavy atom. The van der Waals surface area contributed by atoms with Gasteiger partial charge in [-0.1, -0.05) is 89.0 Å². The number of hydrogen-bond donors (Lipinski definition) is 0. The van der Waals surface area contributed by atoms with E-state index in [0.29, 0.717) is 17.5 Å². The number of fused-ring (bicyclic) bond motifs is 11. The maximum absolute atomic E-state index is 8.94. The van der Waals surface area contributed by atoms with Crippen LogP contribution in [0.1, 0.15) is 23.6 Å². The van der Waals surface area contributed by atoms with Crippen LogP contribution >= 0.6 is 0 Å². The molecule has 8 aromatic carbocycles. The molecule has 0 saturated heterocycles. The first-order chi connectivity index (χ1) is 29.2. The quantitative estimate of drug-likeness (QED) is 0.167. The van der Waals surface area contributed by atoms with Gasteiger partial charge in [0, 0.05) is 68.8 Å². The normalized spacial score (nSPS) is 13.0. The number of benzene rings is 8. The molecule has 0 spiro atoms. The highest BCUT2D eigenvalue weighted by molar-refractivity contribution is 6.99. The van der Waals surface area contributed by atoms with Gasteiger partial charge >= 0.3 is 0 Å². The van der Waals surface area contributed by atoms with Crippen molar-refractivity contribution in [2.75, 3.05) is 4.90 Å². The van der Waals surface area contributed by atoms with Gasteiger partial charge in [0.1, 0.15) is 23.0 Å². The molecule has 0 unspecified atom stereocenters. The fraction of sp³-hybridized carbons (Fsp3) is 0.0943. The third kappa shape index (κ3) is 4.93. The predicted molar refractivity (Wildman–Crippen MR) is 246 cm³/mol. The minimum Gasteiger partial charge on any atom is -0.458 e. The molecule has 2 aromatic heterocycles. The molecule has 0 radical (unpaired) electrons. The van der Waals surface area contributed by atoms with Gasteiger partial charge in [0.15, 0.2) is 0 Å². The van der Waals surface area contributed by atoms with Crippen LogP contribution in [-0.4, -0.2) is 15.8 Å². The van der Waals surface area contributed by atoms with Crippen LogP contribution in [0.3, 0.4) is 0 Å². The molecule has 0 fully saturated rings. The summed E-state index contributed by atoms with van der Waals surface area (Å²) in [7, 11) is 2.19. The van der Waals surface area contributed by atoms with E-state index in [0.717, 1.165) is 78.1 Å². The van der Waals surface area contributed by atoms with Crippen LogP contribution in [0.4, 0.5) is 17.1 Å². The Bertz CT molecular complexity index is 3350. The average Bonchev–Trinajstić information content (AvgIpc) is 3.72. The summed E-state index contributed by atoms with van der Waals surface area (Å²) in [4.78, 5) is 2.28. The first-order valence-electron chi connectivity index (χ1n) is 20.8. The third-order valence-electron chi connectivity index (χ3n) is 12.6. The highest BCUT2D eigenvalue weighted by Gasteiger charge is 2.43. The first kappa shape index (κ1) is 32.9. The van der Waals surface area contributed by atoms with Crippen LogP contribution in [0.15, 0.2) is 152 Å². The summed E-state index contributed by atoms with van der Waals surface area (Å²) >= 11 is 0. The molecule has 0 aliphatic carbocycles. The number of hydrogen-bond acceptors (Lipinski definition) is 3. The van der Waals surface area contributed by atoms with Crippen LogP contribution < -0.4 is 30.8 Å². The third-order valence-corrected chi connectivity index (χ3v) is 12.6. The lowest BCUT2D eigenvalue weighted by molar-refractivity contribution is 0.465. The van der Waals surface area contributed by atoms with Crippen LogP contribution in [0.2, 0.25) is 0 Å². The summed E-state index contributed by atoms with van der Waals surface area (Å²) in [6.45, 7) is 8.35. The zero-order chi connectivity index (χ0) is 40.6.